The smallest absolute Gasteiger partial charge is 0.273 e. The summed E-state index contributed by atoms with van der Waals surface area (Å²) >= 11 is 0. The van der Waals surface area contributed by atoms with E-state index in [0.29, 0.717) is 18.0 Å². The van der Waals surface area contributed by atoms with Gasteiger partial charge in [-0.05, 0) is 36.3 Å². The molecule has 166 valence electrons. The number of fused-ring (bicyclic) bond motifs is 1. The topological polar surface area (TPSA) is 87.2 Å². The fourth-order valence-corrected chi connectivity index (χ4v) is 4.35. The highest BCUT2D eigenvalue weighted by atomic mass is 16.2. The third kappa shape index (κ3) is 4.72. The normalized spacial score (nSPS) is 14.2. The third-order valence-corrected chi connectivity index (χ3v) is 6.05. The highest BCUT2D eigenvalue weighted by molar-refractivity contribution is 6.15. The summed E-state index contributed by atoms with van der Waals surface area (Å²) in [4.78, 5) is 36.4. The Hall–Kier alpha value is -3.48. The van der Waals surface area contributed by atoms with Gasteiger partial charge < -0.3 is 15.5 Å². The Morgan fingerprint density at radius 1 is 0.938 bits per heavy atom. The van der Waals surface area contributed by atoms with Crippen molar-refractivity contribution in [3.63, 3.8) is 0 Å². The predicted octanol–water partition coefficient (Wildman–Crippen LogP) is 4.26. The van der Waals surface area contributed by atoms with E-state index in [1.807, 2.05) is 49.3 Å². The van der Waals surface area contributed by atoms with E-state index < -0.39 is 0 Å². The summed E-state index contributed by atoms with van der Waals surface area (Å²) in [6.07, 6.45) is 8.92. The number of benzene rings is 2. The van der Waals surface area contributed by atoms with Crippen molar-refractivity contribution in [1.82, 2.24) is 15.3 Å². The number of hydrogen-bond donors (Lipinski definition) is 2. The summed E-state index contributed by atoms with van der Waals surface area (Å²) in [6, 6.07) is 11.5. The summed E-state index contributed by atoms with van der Waals surface area (Å²) in [7, 11) is 3.94. The summed E-state index contributed by atoms with van der Waals surface area (Å²) in [6.45, 7) is 0.624. The number of aromatic nitrogens is 2. The SMILES string of the molecule is CN(C)c1ccc(C(=O)Nc2nccnc2C(=O)NCC2CCCCC2)c2ccccc12. The lowest BCUT2D eigenvalue weighted by molar-refractivity contribution is 0.0939. The highest BCUT2D eigenvalue weighted by Crippen LogP contribution is 2.29. The summed E-state index contributed by atoms with van der Waals surface area (Å²) < 4.78 is 0. The Morgan fingerprint density at radius 3 is 2.41 bits per heavy atom. The Balaban J connectivity index is 1.54. The summed E-state index contributed by atoms with van der Waals surface area (Å²) in [5, 5.41) is 7.59. The average Bonchev–Trinajstić information content (AvgIpc) is 2.82. The molecule has 7 nitrogen and oxygen atoms in total. The van der Waals surface area contributed by atoms with Crippen molar-refractivity contribution in [2.75, 3.05) is 30.9 Å². The summed E-state index contributed by atoms with van der Waals surface area (Å²) in [5.41, 5.74) is 1.68. The molecule has 2 aromatic carbocycles. The van der Waals surface area contributed by atoms with E-state index in [0.717, 1.165) is 29.3 Å². The molecule has 0 aliphatic heterocycles. The molecule has 1 aliphatic rings. The fourth-order valence-electron chi connectivity index (χ4n) is 4.35. The van der Waals surface area contributed by atoms with Crippen molar-refractivity contribution in [3.8, 4) is 0 Å². The predicted molar refractivity (Wildman–Crippen MR) is 127 cm³/mol. The molecule has 1 fully saturated rings. The lowest BCUT2D eigenvalue weighted by atomic mass is 9.89. The Labute approximate surface area is 188 Å². The van der Waals surface area contributed by atoms with Crippen LogP contribution in [0.25, 0.3) is 10.8 Å². The zero-order chi connectivity index (χ0) is 22.5. The first-order valence-electron chi connectivity index (χ1n) is 11.1. The van der Waals surface area contributed by atoms with Gasteiger partial charge in [0, 0.05) is 49.7 Å². The van der Waals surface area contributed by atoms with Crippen LogP contribution < -0.4 is 15.5 Å². The lowest BCUT2D eigenvalue weighted by Crippen LogP contribution is -2.32. The van der Waals surface area contributed by atoms with Crippen LogP contribution in [0.1, 0.15) is 53.0 Å². The molecule has 0 spiro atoms. The van der Waals surface area contributed by atoms with Crippen LogP contribution in [-0.2, 0) is 0 Å². The molecular formula is C25H29N5O2. The fraction of sp³-hybridized carbons (Fsp3) is 0.360. The van der Waals surface area contributed by atoms with Crippen molar-refractivity contribution in [2.45, 2.75) is 32.1 Å². The maximum absolute atomic E-state index is 13.2. The number of hydrogen-bond acceptors (Lipinski definition) is 5. The van der Waals surface area contributed by atoms with Gasteiger partial charge in [0.05, 0.1) is 0 Å². The van der Waals surface area contributed by atoms with Crippen molar-refractivity contribution in [3.05, 3.63) is 60.0 Å². The van der Waals surface area contributed by atoms with Crippen LogP contribution in [0.2, 0.25) is 0 Å². The second-order valence-electron chi connectivity index (χ2n) is 8.49. The zero-order valence-electron chi connectivity index (χ0n) is 18.6. The van der Waals surface area contributed by atoms with Gasteiger partial charge in [-0.1, -0.05) is 43.5 Å². The largest absolute Gasteiger partial charge is 0.377 e. The first-order valence-corrected chi connectivity index (χ1v) is 11.1. The van der Waals surface area contributed by atoms with Crippen molar-refractivity contribution >= 4 is 34.1 Å². The molecule has 4 rings (SSSR count). The highest BCUT2D eigenvalue weighted by Gasteiger charge is 2.20. The van der Waals surface area contributed by atoms with E-state index in [9.17, 15) is 9.59 Å². The van der Waals surface area contributed by atoms with Crippen molar-refractivity contribution < 1.29 is 9.59 Å². The van der Waals surface area contributed by atoms with Crippen LogP contribution in [0.5, 0.6) is 0 Å². The number of amides is 2. The second-order valence-corrected chi connectivity index (χ2v) is 8.49. The number of rotatable bonds is 6. The van der Waals surface area contributed by atoms with Crippen LogP contribution in [0.4, 0.5) is 11.5 Å². The molecule has 0 bridgehead atoms. The molecule has 3 aromatic rings. The van der Waals surface area contributed by atoms with Gasteiger partial charge in [-0.25, -0.2) is 9.97 Å². The molecule has 2 amide bonds. The van der Waals surface area contributed by atoms with Gasteiger partial charge in [-0.2, -0.15) is 0 Å². The maximum Gasteiger partial charge on any atom is 0.273 e. The zero-order valence-corrected chi connectivity index (χ0v) is 18.6. The first-order chi connectivity index (χ1) is 15.5. The Morgan fingerprint density at radius 2 is 1.66 bits per heavy atom. The van der Waals surface area contributed by atoms with Crippen LogP contribution in [0.15, 0.2) is 48.8 Å². The number of anilines is 2. The summed E-state index contributed by atoms with van der Waals surface area (Å²) in [5.74, 6) is 0.0310. The van der Waals surface area contributed by atoms with Crippen LogP contribution in [-0.4, -0.2) is 42.4 Å². The van der Waals surface area contributed by atoms with Gasteiger partial charge in [-0.3, -0.25) is 9.59 Å². The standard InChI is InChI=1S/C25H29N5O2/c1-30(2)21-13-12-20(18-10-6-7-11-19(18)21)24(31)29-23-22(26-14-15-27-23)25(32)28-16-17-8-4-3-5-9-17/h6-7,10-15,17H,3-5,8-9,16H2,1-2H3,(H,28,32)(H,27,29,31). The monoisotopic (exact) mass is 431 g/mol. The van der Waals surface area contributed by atoms with E-state index in [1.54, 1.807) is 6.07 Å². The van der Waals surface area contributed by atoms with Gasteiger partial charge in [-0.15, -0.1) is 0 Å². The van der Waals surface area contributed by atoms with Gasteiger partial charge in [0.15, 0.2) is 11.5 Å². The molecule has 1 aromatic heterocycles. The molecule has 2 N–H and O–H groups in total. The average molecular weight is 432 g/mol. The number of nitrogens with zero attached hydrogens (tertiary/aromatic N) is 3. The van der Waals surface area contributed by atoms with E-state index in [4.69, 9.17) is 0 Å². The van der Waals surface area contributed by atoms with Crippen LogP contribution >= 0.6 is 0 Å². The molecule has 0 unspecified atom stereocenters. The number of nitrogens with one attached hydrogen (secondary N) is 2. The number of carbonyl (C=O) groups is 2. The van der Waals surface area contributed by atoms with Crippen LogP contribution in [0, 0.1) is 5.92 Å². The Kier molecular flexibility index (Phi) is 6.63. The lowest BCUT2D eigenvalue weighted by Gasteiger charge is -2.21. The molecule has 7 heteroatoms. The van der Waals surface area contributed by atoms with Gasteiger partial charge >= 0.3 is 0 Å². The molecular weight excluding hydrogens is 402 g/mol. The van der Waals surface area contributed by atoms with Crippen molar-refractivity contribution in [2.24, 2.45) is 5.92 Å². The van der Waals surface area contributed by atoms with Crippen molar-refractivity contribution in [1.29, 1.82) is 0 Å². The van der Waals surface area contributed by atoms with Crippen LogP contribution in [0.3, 0.4) is 0 Å². The maximum atomic E-state index is 13.2. The minimum absolute atomic E-state index is 0.130. The van der Waals surface area contributed by atoms with E-state index in [1.165, 1.54) is 31.7 Å². The minimum Gasteiger partial charge on any atom is -0.377 e. The van der Waals surface area contributed by atoms with E-state index >= 15 is 0 Å². The minimum atomic E-state index is -0.326. The molecule has 0 radical (unpaired) electrons. The third-order valence-electron chi connectivity index (χ3n) is 6.05. The molecule has 0 saturated heterocycles. The Bertz CT molecular complexity index is 1120. The molecule has 1 saturated carbocycles. The van der Waals surface area contributed by atoms with Gasteiger partial charge in [0.25, 0.3) is 11.8 Å². The quantitative estimate of drug-likeness (QED) is 0.609. The van der Waals surface area contributed by atoms with Gasteiger partial charge in [0.1, 0.15) is 0 Å². The second kappa shape index (κ2) is 9.77. The van der Waals surface area contributed by atoms with Gasteiger partial charge in [0.2, 0.25) is 0 Å². The molecule has 1 aliphatic carbocycles. The molecule has 1 heterocycles. The number of carbonyl (C=O) groups excluding carboxylic acids is 2. The molecule has 0 atom stereocenters. The first kappa shape index (κ1) is 21.7. The molecule has 32 heavy (non-hydrogen) atoms. The van der Waals surface area contributed by atoms with E-state index in [-0.39, 0.29) is 23.3 Å². The van der Waals surface area contributed by atoms with E-state index in [2.05, 4.69) is 20.6 Å².